The topological polar surface area (TPSA) is 15.3 Å². The normalized spacial score (nSPS) is 17.3. The summed E-state index contributed by atoms with van der Waals surface area (Å²) < 4.78 is 0. The molecule has 3 rings (SSSR count). The Morgan fingerprint density at radius 3 is 2.35 bits per heavy atom. The van der Waals surface area contributed by atoms with Gasteiger partial charge in [-0.15, -0.1) is 0 Å². The summed E-state index contributed by atoms with van der Waals surface area (Å²) in [5.74, 6) is 0.577. The Kier molecular flexibility index (Phi) is 4.67. The van der Waals surface area contributed by atoms with Crippen molar-refractivity contribution in [3.63, 3.8) is 0 Å². The molecule has 1 aliphatic rings. The Morgan fingerprint density at radius 2 is 1.70 bits per heavy atom. The standard InChI is InChI=1S/C20H24N2S/c1-14-7-9-17(10-8-14)18-11-12-22(13-18)20(23)21-19-15(2)5-4-6-16(19)3/h4-10,18H,11-13H2,1-3H3,(H,21,23)/t18-/m0/s1. The summed E-state index contributed by atoms with van der Waals surface area (Å²) in [6.45, 7) is 8.40. The predicted octanol–water partition coefficient (Wildman–Crippen LogP) is 4.80. The van der Waals surface area contributed by atoms with Crippen molar-refractivity contribution >= 4 is 23.0 Å². The minimum absolute atomic E-state index is 0.577. The highest BCUT2D eigenvalue weighted by Crippen LogP contribution is 2.28. The number of nitrogens with zero attached hydrogens (tertiary/aromatic N) is 1. The number of hydrogen-bond acceptors (Lipinski definition) is 1. The van der Waals surface area contributed by atoms with Gasteiger partial charge in [-0.25, -0.2) is 0 Å². The van der Waals surface area contributed by atoms with Gasteiger partial charge in [0, 0.05) is 24.7 Å². The van der Waals surface area contributed by atoms with Gasteiger partial charge in [-0.05, 0) is 56.1 Å². The van der Waals surface area contributed by atoms with Crippen molar-refractivity contribution in [2.75, 3.05) is 18.4 Å². The highest BCUT2D eigenvalue weighted by molar-refractivity contribution is 7.80. The summed E-state index contributed by atoms with van der Waals surface area (Å²) in [7, 11) is 0. The number of para-hydroxylation sites is 1. The third kappa shape index (κ3) is 3.56. The lowest BCUT2D eigenvalue weighted by atomic mass is 9.98. The van der Waals surface area contributed by atoms with E-state index in [1.807, 2.05) is 0 Å². The molecule has 3 heteroatoms. The molecule has 2 nitrogen and oxygen atoms in total. The van der Waals surface area contributed by atoms with Crippen LogP contribution in [0.25, 0.3) is 0 Å². The third-order valence-electron chi connectivity index (χ3n) is 4.74. The average Bonchev–Trinajstić information content (AvgIpc) is 3.02. The second-order valence-corrected chi connectivity index (χ2v) is 6.93. The van der Waals surface area contributed by atoms with E-state index in [0.717, 1.165) is 30.3 Å². The van der Waals surface area contributed by atoms with Crippen molar-refractivity contribution in [3.05, 3.63) is 64.7 Å². The fourth-order valence-corrected chi connectivity index (χ4v) is 3.52. The van der Waals surface area contributed by atoms with Crippen LogP contribution in [-0.4, -0.2) is 23.1 Å². The molecule has 1 heterocycles. The molecule has 0 bridgehead atoms. The molecule has 0 saturated carbocycles. The van der Waals surface area contributed by atoms with Crippen LogP contribution >= 0.6 is 12.2 Å². The van der Waals surface area contributed by atoms with E-state index in [4.69, 9.17) is 12.2 Å². The Morgan fingerprint density at radius 1 is 1.04 bits per heavy atom. The van der Waals surface area contributed by atoms with Crippen molar-refractivity contribution in [2.24, 2.45) is 0 Å². The molecule has 0 aromatic heterocycles. The molecule has 1 fully saturated rings. The number of nitrogens with one attached hydrogen (secondary N) is 1. The maximum Gasteiger partial charge on any atom is 0.173 e. The first-order valence-corrected chi connectivity index (χ1v) is 8.64. The van der Waals surface area contributed by atoms with Gasteiger partial charge in [0.15, 0.2) is 5.11 Å². The van der Waals surface area contributed by atoms with Crippen LogP contribution in [0.15, 0.2) is 42.5 Å². The van der Waals surface area contributed by atoms with Gasteiger partial charge in [-0.3, -0.25) is 0 Å². The molecule has 0 spiro atoms. The summed E-state index contributed by atoms with van der Waals surface area (Å²) in [5.41, 5.74) is 6.36. The minimum atomic E-state index is 0.577. The Labute approximate surface area is 144 Å². The SMILES string of the molecule is Cc1ccc([C@H]2CCN(C(=S)Nc3c(C)cccc3C)C2)cc1. The van der Waals surface area contributed by atoms with Gasteiger partial charge >= 0.3 is 0 Å². The second-order valence-electron chi connectivity index (χ2n) is 6.54. The molecule has 0 aliphatic carbocycles. The molecular weight excluding hydrogens is 300 g/mol. The van der Waals surface area contributed by atoms with Crippen LogP contribution in [0.1, 0.15) is 34.6 Å². The highest BCUT2D eigenvalue weighted by Gasteiger charge is 2.25. The first kappa shape index (κ1) is 16.0. The van der Waals surface area contributed by atoms with Gasteiger partial charge in [0.05, 0.1) is 0 Å². The maximum atomic E-state index is 5.65. The van der Waals surface area contributed by atoms with Crippen LogP contribution in [0.4, 0.5) is 5.69 Å². The molecular formula is C20H24N2S. The maximum absolute atomic E-state index is 5.65. The lowest BCUT2D eigenvalue weighted by Crippen LogP contribution is -2.33. The van der Waals surface area contributed by atoms with Gasteiger partial charge < -0.3 is 10.2 Å². The zero-order chi connectivity index (χ0) is 16.4. The van der Waals surface area contributed by atoms with Crippen LogP contribution in [0.5, 0.6) is 0 Å². The lowest BCUT2D eigenvalue weighted by Gasteiger charge is -2.22. The van der Waals surface area contributed by atoms with Gasteiger partial charge in [-0.1, -0.05) is 48.0 Å². The smallest absolute Gasteiger partial charge is 0.173 e. The molecule has 120 valence electrons. The molecule has 23 heavy (non-hydrogen) atoms. The molecule has 1 N–H and O–H groups in total. The van der Waals surface area contributed by atoms with Gasteiger partial charge in [-0.2, -0.15) is 0 Å². The third-order valence-corrected chi connectivity index (χ3v) is 5.10. The monoisotopic (exact) mass is 324 g/mol. The summed E-state index contributed by atoms with van der Waals surface area (Å²) in [6.07, 6.45) is 1.16. The van der Waals surface area contributed by atoms with E-state index in [1.54, 1.807) is 0 Å². The number of hydrogen-bond donors (Lipinski definition) is 1. The molecule has 1 aliphatic heterocycles. The van der Waals surface area contributed by atoms with Crippen LogP contribution in [-0.2, 0) is 0 Å². The van der Waals surface area contributed by atoms with E-state index >= 15 is 0 Å². The van der Waals surface area contributed by atoms with Gasteiger partial charge in [0.25, 0.3) is 0 Å². The van der Waals surface area contributed by atoms with E-state index in [1.165, 1.54) is 22.3 Å². The van der Waals surface area contributed by atoms with Crippen LogP contribution < -0.4 is 5.32 Å². The molecule has 0 unspecified atom stereocenters. The van der Waals surface area contributed by atoms with E-state index in [9.17, 15) is 0 Å². The Balaban J connectivity index is 1.67. The fraction of sp³-hybridized carbons (Fsp3) is 0.350. The number of rotatable bonds is 2. The molecule has 1 atom stereocenters. The summed E-state index contributed by atoms with van der Waals surface area (Å²) in [6, 6.07) is 15.2. The second kappa shape index (κ2) is 6.71. The summed E-state index contributed by atoms with van der Waals surface area (Å²) in [5, 5.41) is 4.30. The largest absolute Gasteiger partial charge is 0.348 e. The van der Waals surface area contributed by atoms with Gasteiger partial charge in [0.2, 0.25) is 0 Å². The fourth-order valence-electron chi connectivity index (χ4n) is 3.25. The summed E-state index contributed by atoms with van der Waals surface area (Å²) >= 11 is 5.65. The number of likely N-dealkylation sites (tertiary alicyclic amines) is 1. The number of thiocarbonyl (C=S) groups is 1. The first-order valence-electron chi connectivity index (χ1n) is 8.23. The van der Waals surface area contributed by atoms with Crippen molar-refractivity contribution in [1.82, 2.24) is 4.90 Å². The predicted molar refractivity (Wildman–Crippen MR) is 102 cm³/mol. The number of anilines is 1. The van der Waals surface area contributed by atoms with Crippen molar-refractivity contribution < 1.29 is 0 Å². The number of aryl methyl sites for hydroxylation is 3. The van der Waals surface area contributed by atoms with E-state index in [0.29, 0.717) is 5.92 Å². The van der Waals surface area contributed by atoms with Crippen molar-refractivity contribution in [1.29, 1.82) is 0 Å². The molecule has 1 saturated heterocycles. The zero-order valence-electron chi connectivity index (χ0n) is 14.1. The van der Waals surface area contributed by atoms with Crippen molar-refractivity contribution in [2.45, 2.75) is 33.1 Å². The van der Waals surface area contributed by atoms with Crippen LogP contribution in [0, 0.1) is 20.8 Å². The van der Waals surface area contributed by atoms with Crippen LogP contribution in [0.2, 0.25) is 0 Å². The van der Waals surface area contributed by atoms with Crippen LogP contribution in [0.3, 0.4) is 0 Å². The minimum Gasteiger partial charge on any atom is -0.348 e. The van der Waals surface area contributed by atoms with E-state index in [2.05, 4.69) is 73.5 Å². The van der Waals surface area contributed by atoms with Gasteiger partial charge in [0.1, 0.15) is 0 Å². The highest BCUT2D eigenvalue weighted by atomic mass is 32.1. The van der Waals surface area contributed by atoms with E-state index < -0.39 is 0 Å². The van der Waals surface area contributed by atoms with Crippen molar-refractivity contribution in [3.8, 4) is 0 Å². The number of benzene rings is 2. The quantitative estimate of drug-likeness (QED) is 0.799. The Bertz CT molecular complexity index is 686. The molecule has 2 aromatic carbocycles. The average molecular weight is 324 g/mol. The molecule has 0 amide bonds. The molecule has 0 radical (unpaired) electrons. The summed E-state index contributed by atoms with van der Waals surface area (Å²) in [4.78, 5) is 2.30. The zero-order valence-corrected chi connectivity index (χ0v) is 14.9. The Hall–Kier alpha value is -1.87. The lowest BCUT2D eigenvalue weighted by molar-refractivity contribution is 0.518. The first-order chi connectivity index (χ1) is 11.0. The molecule has 2 aromatic rings. The van der Waals surface area contributed by atoms with E-state index in [-0.39, 0.29) is 0 Å².